The van der Waals surface area contributed by atoms with E-state index in [9.17, 15) is 18.0 Å². The third-order valence-electron chi connectivity index (χ3n) is 2.82. The summed E-state index contributed by atoms with van der Waals surface area (Å²) in [6.45, 7) is 1.35. The average Bonchev–Trinajstić information content (AvgIpc) is 2.53. The molecule has 0 aromatic heterocycles. The van der Waals surface area contributed by atoms with E-state index < -0.39 is 15.9 Å². The lowest BCUT2D eigenvalue weighted by Gasteiger charge is -2.09. The predicted octanol–water partition coefficient (Wildman–Crippen LogP) is 1.27. The second-order valence-corrected chi connectivity index (χ2v) is 6.31. The van der Waals surface area contributed by atoms with E-state index in [1.807, 2.05) is 4.83 Å². The molecule has 7 nitrogen and oxygen atoms in total. The Bertz CT molecular complexity index is 802. The van der Waals surface area contributed by atoms with Gasteiger partial charge < -0.3 is 5.32 Å². The van der Waals surface area contributed by atoms with Gasteiger partial charge in [-0.15, -0.1) is 4.83 Å². The van der Waals surface area contributed by atoms with Crippen molar-refractivity contribution in [2.45, 2.75) is 11.8 Å². The lowest BCUT2D eigenvalue weighted by molar-refractivity contribution is -0.114. The Kier molecular flexibility index (Phi) is 5.09. The van der Waals surface area contributed by atoms with Gasteiger partial charge in [0.15, 0.2) is 0 Å². The Morgan fingerprint density at radius 1 is 0.913 bits per heavy atom. The van der Waals surface area contributed by atoms with E-state index in [-0.39, 0.29) is 10.8 Å². The zero-order valence-corrected chi connectivity index (χ0v) is 13.1. The molecular weight excluding hydrogens is 318 g/mol. The quantitative estimate of drug-likeness (QED) is 0.717. The first-order valence-corrected chi connectivity index (χ1v) is 8.12. The molecule has 0 aliphatic heterocycles. The minimum atomic E-state index is -3.90. The van der Waals surface area contributed by atoms with Crippen LogP contribution in [0.5, 0.6) is 0 Å². The number of sulfonamides is 1. The largest absolute Gasteiger partial charge is 0.326 e. The monoisotopic (exact) mass is 333 g/mol. The van der Waals surface area contributed by atoms with Gasteiger partial charge >= 0.3 is 0 Å². The molecule has 8 heteroatoms. The van der Waals surface area contributed by atoms with Crippen LogP contribution in [0.2, 0.25) is 0 Å². The van der Waals surface area contributed by atoms with Crippen LogP contribution in [-0.2, 0) is 14.8 Å². The molecule has 0 spiro atoms. The van der Waals surface area contributed by atoms with Crippen LogP contribution in [0.1, 0.15) is 17.3 Å². The maximum Gasteiger partial charge on any atom is 0.266 e. The van der Waals surface area contributed by atoms with Gasteiger partial charge in [0.05, 0.1) is 4.90 Å². The summed E-state index contributed by atoms with van der Waals surface area (Å²) in [5.74, 6) is -0.821. The summed E-state index contributed by atoms with van der Waals surface area (Å²) < 4.78 is 24.2. The van der Waals surface area contributed by atoms with Crippen LogP contribution in [0.4, 0.5) is 5.69 Å². The van der Waals surface area contributed by atoms with E-state index in [2.05, 4.69) is 10.7 Å². The molecule has 0 aliphatic carbocycles. The molecule has 0 bridgehead atoms. The third-order valence-corrected chi connectivity index (χ3v) is 4.08. The van der Waals surface area contributed by atoms with Crippen molar-refractivity contribution in [1.29, 1.82) is 0 Å². The van der Waals surface area contributed by atoms with Crippen molar-refractivity contribution in [3.8, 4) is 0 Å². The number of rotatable bonds is 5. The Balaban J connectivity index is 2.04. The summed E-state index contributed by atoms with van der Waals surface area (Å²) in [7, 11) is -3.90. The van der Waals surface area contributed by atoms with E-state index in [4.69, 9.17) is 0 Å². The van der Waals surface area contributed by atoms with Gasteiger partial charge in [0, 0.05) is 18.2 Å². The van der Waals surface area contributed by atoms with Crippen molar-refractivity contribution in [1.82, 2.24) is 10.3 Å². The number of hydrazine groups is 1. The summed E-state index contributed by atoms with van der Waals surface area (Å²) in [5.41, 5.74) is 2.94. The molecule has 2 amide bonds. The van der Waals surface area contributed by atoms with Gasteiger partial charge in [0.25, 0.3) is 15.9 Å². The molecule has 0 atom stereocenters. The number of anilines is 1. The maximum atomic E-state index is 12.1. The Morgan fingerprint density at radius 3 is 2.09 bits per heavy atom. The standard InChI is InChI=1S/C15H15N3O4S/c1-11(19)16-13-7-9-14(10-8-13)23(21,22)18-17-15(20)12-5-3-2-4-6-12/h2-10,18H,1H3,(H,16,19)(H,17,20). The summed E-state index contributed by atoms with van der Waals surface area (Å²) in [6, 6.07) is 13.8. The summed E-state index contributed by atoms with van der Waals surface area (Å²) in [6.07, 6.45) is 0. The normalized spacial score (nSPS) is 10.8. The molecule has 0 radical (unpaired) electrons. The van der Waals surface area contributed by atoms with Crippen LogP contribution in [0, 0.1) is 0 Å². The molecule has 0 saturated heterocycles. The SMILES string of the molecule is CC(=O)Nc1ccc(S(=O)(=O)NNC(=O)c2ccccc2)cc1. The van der Waals surface area contributed by atoms with Gasteiger partial charge in [-0.05, 0) is 36.4 Å². The molecule has 2 aromatic carbocycles. The van der Waals surface area contributed by atoms with Crippen molar-refractivity contribution in [3.63, 3.8) is 0 Å². The number of hydrogen-bond donors (Lipinski definition) is 3. The first kappa shape index (κ1) is 16.7. The van der Waals surface area contributed by atoms with E-state index in [0.29, 0.717) is 11.3 Å². The van der Waals surface area contributed by atoms with Crippen molar-refractivity contribution < 1.29 is 18.0 Å². The summed E-state index contributed by atoms with van der Waals surface area (Å²) >= 11 is 0. The van der Waals surface area contributed by atoms with E-state index in [1.54, 1.807) is 30.3 Å². The maximum absolute atomic E-state index is 12.1. The molecule has 0 unspecified atom stereocenters. The second kappa shape index (κ2) is 7.03. The molecule has 0 saturated carbocycles. The number of benzene rings is 2. The highest BCUT2D eigenvalue weighted by Crippen LogP contribution is 2.13. The lowest BCUT2D eigenvalue weighted by atomic mass is 10.2. The highest BCUT2D eigenvalue weighted by molar-refractivity contribution is 7.89. The topological polar surface area (TPSA) is 104 Å². The van der Waals surface area contributed by atoms with Gasteiger partial charge in [-0.25, -0.2) is 8.42 Å². The van der Waals surface area contributed by atoms with Crippen molar-refractivity contribution >= 4 is 27.5 Å². The lowest BCUT2D eigenvalue weighted by Crippen LogP contribution is -2.41. The Labute approximate surface area is 133 Å². The van der Waals surface area contributed by atoms with Crippen LogP contribution < -0.4 is 15.6 Å². The molecule has 120 valence electrons. The van der Waals surface area contributed by atoms with Gasteiger partial charge in [-0.1, -0.05) is 18.2 Å². The van der Waals surface area contributed by atoms with Crippen LogP contribution >= 0.6 is 0 Å². The zero-order chi connectivity index (χ0) is 16.9. The molecular formula is C15H15N3O4S. The number of nitrogens with one attached hydrogen (secondary N) is 3. The number of hydrogen-bond acceptors (Lipinski definition) is 4. The Morgan fingerprint density at radius 2 is 1.52 bits per heavy atom. The molecule has 0 aliphatic rings. The molecule has 0 fully saturated rings. The third kappa shape index (κ3) is 4.63. The fraction of sp³-hybridized carbons (Fsp3) is 0.0667. The van der Waals surface area contributed by atoms with Gasteiger partial charge in [-0.3, -0.25) is 15.0 Å². The van der Waals surface area contributed by atoms with Crippen LogP contribution in [0.25, 0.3) is 0 Å². The van der Waals surface area contributed by atoms with Gasteiger partial charge in [0.2, 0.25) is 5.91 Å². The van der Waals surface area contributed by atoms with Crippen LogP contribution in [0.3, 0.4) is 0 Å². The zero-order valence-electron chi connectivity index (χ0n) is 12.2. The molecule has 23 heavy (non-hydrogen) atoms. The van der Waals surface area contributed by atoms with Gasteiger partial charge in [-0.2, -0.15) is 0 Å². The number of amides is 2. The minimum absolute atomic E-state index is 0.0417. The number of carbonyl (C=O) groups excluding carboxylic acids is 2. The molecule has 2 aromatic rings. The number of carbonyl (C=O) groups is 2. The average molecular weight is 333 g/mol. The Hall–Kier alpha value is -2.71. The minimum Gasteiger partial charge on any atom is -0.326 e. The smallest absolute Gasteiger partial charge is 0.266 e. The summed E-state index contributed by atoms with van der Waals surface area (Å²) in [4.78, 5) is 24.7. The predicted molar refractivity (Wildman–Crippen MR) is 85.0 cm³/mol. The molecule has 0 heterocycles. The van der Waals surface area contributed by atoms with Crippen LogP contribution in [0.15, 0.2) is 59.5 Å². The van der Waals surface area contributed by atoms with E-state index in [1.165, 1.54) is 31.2 Å². The fourth-order valence-corrected chi connectivity index (χ4v) is 2.59. The highest BCUT2D eigenvalue weighted by atomic mass is 32.2. The van der Waals surface area contributed by atoms with Gasteiger partial charge in [0.1, 0.15) is 0 Å². The first-order valence-electron chi connectivity index (χ1n) is 6.63. The van der Waals surface area contributed by atoms with Crippen molar-refractivity contribution in [2.24, 2.45) is 0 Å². The molecule has 2 rings (SSSR count). The second-order valence-electron chi connectivity index (χ2n) is 4.63. The fourth-order valence-electron chi connectivity index (χ4n) is 1.75. The van der Waals surface area contributed by atoms with E-state index >= 15 is 0 Å². The van der Waals surface area contributed by atoms with E-state index in [0.717, 1.165) is 0 Å². The van der Waals surface area contributed by atoms with Crippen LogP contribution in [-0.4, -0.2) is 20.2 Å². The first-order chi connectivity index (χ1) is 10.9. The highest BCUT2D eigenvalue weighted by Gasteiger charge is 2.15. The van der Waals surface area contributed by atoms with Crippen molar-refractivity contribution in [2.75, 3.05) is 5.32 Å². The summed E-state index contributed by atoms with van der Waals surface area (Å²) in [5, 5.41) is 2.53. The van der Waals surface area contributed by atoms with Crippen molar-refractivity contribution in [3.05, 3.63) is 60.2 Å². The molecule has 3 N–H and O–H groups in total.